The normalized spacial score (nSPS) is 22.2. The molecule has 1 unspecified atom stereocenters. The van der Waals surface area contributed by atoms with E-state index in [1.165, 1.54) is 32.2 Å². The van der Waals surface area contributed by atoms with E-state index in [-0.39, 0.29) is 0 Å². The topological polar surface area (TPSA) is 15.3 Å². The average molecular weight is 194 g/mol. The molecule has 1 atom stereocenters. The molecule has 2 heteroatoms. The van der Waals surface area contributed by atoms with Crippen LogP contribution in [0.2, 0.25) is 0 Å². The fourth-order valence-electron chi connectivity index (χ4n) is 2.07. The molecule has 0 radical (unpaired) electrons. The third-order valence-electron chi connectivity index (χ3n) is 2.75. The quantitative estimate of drug-likeness (QED) is 0.667. The fourth-order valence-corrected chi connectivity index (χ4v) is 2.07. The molecule has 1 rings (SSSR count). The maximum atomic E-state index is 5.35. The van der Waals surface area contributed by atoms with Crippen molar-refractivity contribution >= 4 is 0 Å². The lowest BCUT2D eigenvalue weighted by atomic mass is 10.0. The van der Waals surface area contributed by atoms with E-state index in [4.69, 9.17) is 6.42 Å². The van der Waals surface area contributed by atoms with E-state index < -0.39 is 0 Å². The molecular weight excluding hydrogens is 172 g/mol. The van der Waals surface area contributed by atoms with Gasteiger partial charge in [0.05, 0.1) is 6.54 Å². The summed E-state index contributed by atoms with van der Waals surface area (Å²) in [5, 5.41) is 3.56. The van der Waals surface area contributed by atoms with Crippen molar-refractivity contribution in [3.63, 3.8) is 0 Å². The van der Waals surface area contributed by atoms with Gasteiger partial charge in [0.15, 0.2) is 0 Å². The van der Waals surface area contributed by atoms with Crippen molar-refractivity contribution in [2.24, 2.45) is 0 Å². The molecule has 1 heterocycles. The first kappa shape index (κ1) is 11.6. The Balaban J connectivity index is 2.26. The molecule has 1 aliphatic rings. The number of nitrogens with zero attached hydrogens (tertiary/aromatic N) is 1. The molecule has 1 fully saturated rings. The van der Waals surface area contributed by atoms with Gasteiger partial charge in [-0.05, 0) is 32.4 Å². The molecule has 0 spiro atoms. The van der Waals surface area contributed by atoms with Crippen molar-refractivity contribution in [2.75, 3.05) is 26.2 Å². The van der Waals surface area contributed by atoms with Crippen LogP contribution in [0.25, 0.3) is 0 Å². The van der Waals surface area contributed by atoms with Crippen LogP contribution in [0.1, 0.15) is 32.6 Å². The maximum absolute atomic E-state index is 5.35. The number of terminal acetylenes is 1. The summed E-state index contributed by atoms with van der Waals surface area (Å²) >= 11 is 0. The Bertz CT molecular complexity index is 177. The van der Waals surface area contributed by atoms with Gasteiger partial charge in [-0.1, -0.05) is 19.3 Å². The van der Waals surface area contributed by atoms with Gasteiger partial charge in [-0.25, -0.2) is 0 Å². The molecule has 0 aliphatic carbocycles. The van der Waals surface area contributed by atoms with Crippen LogP contribution in [-0.2, 0) is 0 Å². The lowest BCUT2D eigenvalue weighted by Crippen LogP contribution is -2.44. The lowest BCUT2D eigenvalue weighted by molar-refractivity contribution is 0.246. The largest absolute Gasteiger partial charge is 0.313 e. The average Bonchev–Trinajstić information content (AvgIpc) is 2.20. The standard InChI is InChI=1S/C12H22N2/c1-3-9-14(10-4-2)11-12-7-5-6-8-13-12/h1,12-13H,4-11H2,2H3. The highest BCUT2D eigenvalue weighted by atomic mass is 15.1. The molecule has 14 heavy (non-hydrogen) atoms. The minimum Gasteiger partial charge on any atom is -0.313 e. The van der Waals surface area contributed by atoms with Gasteiger partial charge in [-0.2, -0.15) is 0 Å². The van der Waals surface area contributed by atoms with Crippen LogP contribution >= 0.6 is 0 Å². The zero-order chi connectivity index (χ0) is 10.2. The number of piperidine rings is 1. The van der Waals surface area contributed by atoms with Crippen LogP contribution < -0.4 is 5.32 Å². The number of hydrogen-bond acceptors (Lipinski definition) is 2. The molecule has 1 aliphatic heterocycles. The Labute approximate surface area is 88.1 Å². The Hall–Kier alpha value is -0.520. The second kappa shape index (κ2) is 6.86. The van der Waals surface area contributed by atoms with Crippen molar-refractivity contribution in [3.05, 3.63) is 0 Å². The number of nitrogens with one attached hydrogen (secondary N) is 1. The SMILES string of the molecule is C#CCN(CCC)CC1CCCCN1. The monoisotopic (exact) mass is 194 g/mol. The highest BCUT2D eigenvalue weighted by Crippen LogP contribution is 2.08. The maximum Gasteiger partial charge on any atom is 0.0599 e. The predicted octanol–water partition coefficient (Wildman–Crippen LogP) is 1.47. The van der Waals surface area contributed by atoms with Gasteiger partial charge in [0.25, 0.3) is 0 Å². The summed E-state index contributed by atoms with van der Waals surface area (Å²) in [6, 6.07) is 0.670. The first-order chi connectivity index (χ1) is 6.86. The molecule has 0 aromatic heterocycles. The zero-order valence-corrected chi connectivity index (χ0v) is 9.26. The molecule has 0 bridgehead atoms. The van der Waals surface area contributed by atoms with E-state index in [0.717, 1.165) is 19.6 Å². The Kier molecular flexibility index (Phi) is 5.66. The Morgan fingerprint density at radius 1 is 1.50 bits per heavy atom. The summed E-state index contributed by atoms with van der Waals surface area (Å²) in [5.41, 5.74) is 0. The van der Waals surface area contributed by atoms with Crippen molar-refractivity contribution < 1.29 is 0 Å². The first-order valence-electron chi connectivity index (χ1n) is 5.76. The molecule has 80 valence electrons. The van der Waals surface area contributed by atoms with Crippen molar-refractivity contribution in [3.8, 4) is 12.3 Å². The van der Waals surface area contributed by atoms with Crippen LogP contribution in [0.3, 0.4) is 0 Å². The minimum absolute atomic E-state index is 0.670. The van der Waals surface area contributed by atoms with Crippen LogP contribution in [0, 0.1) is 12.3 Å². The van der Waals surface area contributed by atoms with Gasteiger partial charge >= 0.3 is 0 Å². The molecular formula is C12H22N2. The van der Waals surface area contributed by atoms with E-state index in [2.05, 4.69) is 23.1 Å². The third-order valence-corrected chi connectivity index (χ3v) is 2.75. The highest BCUT2D eigenvalue weighted by Gasteiger charge is 2.15. The second-order valence-corrected chi connectivity index (χ2v) is 4.09. The minimum atomic E-state index is 0.670. The molecule has 2 nitrogen and oxygen atoms in total. The van der Waals surface area contributed by atoms with Crippen molar-refractivity contribution in [1.82, 2.24) is 10.2 Å². The van der Waals surface area contributed by atoms with E-state index in [9.17, 15) is 0 Å². The van der Waals surface area contributed by atoms with Crippen molar-refractivity contribution in [1.29, 1.82) is 0 Å². The van der Waals surface area contributed by atoms with Gasteiger partial charge in [0.1, 0.15) is 0 Å². The van der Waals surface area contributed by atoms with E-state index in [1.807, 2.05) is 0 Å². The van der Waals surface area contributed by atoms with E-state index in [1.54, 1.807) is 0 Å². The lowest BCUT2D eigenvalue weighted by Gasteiger charge is -2.29. The predicted molar refractivity (Wildman–Crippen MR) is 61.2 cm³/mol. The molecule has 0 saturated carbocycles. The molecule has 0 aromatic rings. The summed E-state index contributed by atoms with van der Waals surface area (Å²) in [6.07, 6.45) is 10.6. The number of rotatable bonds is 5. The summed E-state index contributed by atoms with van der Waals surface area (Å²) in [4.78, 5) is 2.38. The highest BCUT2D eigenvalue weighted by molar-refractivity contribution is 4.89. The van der Waals surface area contributed by atoms with Crippen LogP contribution in [0.5, 0.6) is 0 Å². The fraction of sp³-hybridized carbons (Fsp3) is 0.833. The molecule has 1 N–H and O–H groups in total. The summed E-state index contributed by atoms with van der Waals surface area (Å²) in [7, 11) is 0. The first-order valence-corrected chi connectivity index (χ1v) is 5.76. The summed E-state index contributed by atoms with van der Waals surface area (Å²) in [6.45, 7) is 6.44. The summed E-state index contributed by atoms with van der Waals surface area (Å²) < 4.78 is 0. The Morgan fingerprint density at radius 2 is 2.36 bits per heavy atom. The summed E-state index contributed by atoms with van der Waals surface area (Å²) in [5.74, 6) is 2.74. The smallest absolute Gasteiger partial charge is 0.0599 e. The molecule has 0 aromatic carbocycles. The van der Waals surface area contributed by atoms with Gasteiger partial charge in [0, 0.05) is 12.6 Å². The van der Waals surface area contributed by atoms with E-state index >= 15 is 0 Å². The number of hydrogen-bond donors (Lipinski definition) is 1. The van der Waals surface area contributed by atoms with Crippen LogP contribution in [0.15, 0.2) is 0 Å². The second-order valence-electron chi connectivity index (χ2n) is 4.09. The van der Waals surface area contributed by atoms with Crippen molar-refractivity contribution in [2.45, 2.75) is 38.6 Å². The van der Waals surface area contributed by atoms with Crippen LogP contribution in [-0.4, -0.2) is 37.1 Å². The van der Waals surface area contributed by atoms with Gasteiger partial charge in [-0.3, -0.25) is 4.90 Å². The Morgan fingerprint density at radius 3 is 2.93 bits per heavy atom. The van der Waals surface area contributed by atoms with Gasteiger partial charge in [-0.15, -0.1) is 6.42 Å². The molecule has 0 amide bonds. The van der Waals surface area contributed by atoms with E-state index in [0.29, 0.717) is 6.04 Å². The molecule has 1 saturated heterocycles. The van der Waals surface area contributed by atoms with Gasteiger partial charge < -0.3 is 5.32 Å². The third kappa shape index (κ3) is 4.13. The zero-order valence-electron chi connectivity index (χ0n) is 9.26. The van der Waals surface area contributed by atoms with Gasteiger partial charge in [0.2, 0.25) is 0 Å². The van der Waals surface area contributed by atoms with Crippen LogP contribution in [0.4, 0.5) is 0 Å².